The zero-order valence-electron chi connectivity index (χ0n) is 6.37. The number of rotatable bonds is 1. The first kappa shape index (κ1) is 8.11. The Morgan fingerprint density at radius 3 is 2.67 bits per heavy atom. The lowest BCUT2D eigenvalue weighted by atomic mass is 10.4. The number of benzene rings is 1. The molecule has 0 atom stereocenters. The molecule has 1 fully saturated rings. The second-order valence-corrected chi connectivity index (χ2v) is 3.95. The molecule has 2 rings (SSSR count). The minimum absolute atomic E-state index is 0.242. The van der Waals surface area contributed by atoms with Crippen LogP contribution in [0, 0.1) is 5.82 Å². The molecule has 64 valence electrons. The van der Waals surface area contributed by atoms with Gasteiger partial charge in [0, 0.05) is 5.30 Å². The standard InChI is InChI=1S/C8H8FO2P/c9-7-2-1-3-8(6-7)12-10-4-5-11-12/h1-3,6H,4-5H2. The predicted octanol–water partition coefficient (Wildman–Crippen LogP) is 1.81. The van der Waals surface area contributed by atoms with Crippen molar-refractivity contribution >= 4 is 13.7 Å². The van der Waals surface area contributed by atoms with Crippen LogP contribution in [0.4, 0.5) is 4.39 Å². The van der Waals surface area contributed by atoms with Crippen LogP contribution in [-0.4, -0.2) is 13.2 Å². The van der Waals surface area contributed by atoms with Crippen molar-refractivity contribution in [3.05, 3.63) is 30.1 Å². The maximum Gasteiger partial charge on any atom is 0.205 e. The Bertz CT molecular complexity index is 274. The van der Waals surface area contributed by atoms with Crippen molar-refractivity contribution in [2.24, 2.45) is 0 Å². The summed E-state index contributed by atoms with van der Waals surface area (Å²) in [6, 6.07) is 6.35. The van der Waals surface area contributed by atoms with Gasteiger partial charge in [-0.3, -0.25) is 0 Å². The normalized spacial score (nSPS) is 18.4. The number of hydrogen-bond donors (Lipinski definition) is 0. The molecule has 2 nitrogen and oxygen atoms in total. The van der Waals surface area contributed by atoms with Crippen molar-refractivity contribution in [1.29, 1.82) is 0 Å². The second kappa shape index (κ2) is 3.48. The van der Waals surface area contributed by atoms with Gasteiger partial charge in [0.15, 0.2) is 0 Å². The lowest BCUT2D eigenvalue weighted by Crippen LogP contribution is -2.00. The lowest BCUT2D eigenvalue weighted by molar-refractivity contribution is 0.365. The summed E-state index contributed by atoms with van der Waals surface area (Å²) in [5.41, 5.74) is 0. The minimum Gasteiger partial charge on any atom is -0.328 e. The molecular formula is C8H8FO2P. The maximum atomic E-state index is 12.7. The van der Waals surface area contributed by atoms with Gasteiger partial charge in [-0.25, -0.2) is 4.39 Å². The van der Waals surface area contributed by atoms with E-state index < -0.39 is 8.38 Å². The minimum atomic E-state index is -0.996. The molecule has 0 saturated carbocycles. The third-order valence-corrected chi connectivity index (χ3v) is 3.05. The first-order valence-electron chi connectivity index (χ1n) is 3.68. The third-order valence-electron chi connectivity index (χ3n) is 1.52. The van der Waals surface area contributed by atoms with Crippen molar-refractivity contribution in [3.63, 3.8) is 0 Å². The Morgan fingerprint density at radius 1 is 1.25 bits per heavy atom. The maximum absolute atomic E-state index is 12.7. The van der Waals surface area contributed by atoms with Gasteiger partial charge in [0.1, 0.15) is 5.82 Å². The fourth-order valence-corrected chi connectivity index (χ4v) is 2.31. The summed E-state index contributed by atoms with van der Waals surface area (Å²) in [5.74, 6) is -0.242. The Kier molecular flexibility index (Phi) is 2.35. The zero-order chi connectivity index (χ0) is 8.39. The monoisotopic (exact) mass is 186 g/mol. The first-order valence-corrected chi connectivity index (χ1v) is 4.85. The molecule has 0 N–H and O–H groups in total. The Labute approximate surface area is 71.2 Å². The Hall–Kier alpha value is -0.500. The van der Waals surface area contributed by atoms with Gasteiger partial charge >= 0.3 is 0 Å². The summed E-state index contributed by atoms with van der Waals surface area (Å²) in [5, 5.41) is 0.808. The summed E-state index contributed by atoms with van der Waals surface area (Å²) < 4.78 is 23.3. The highest BCUT2D eigenvalue weighted by atomic mass is 31.2. The molecule has 12 heavy (non-hydrogen) atoms. The van der Waals surface area contributed by atoms with Crippen LogP contribution in [0.1, 0.15) is 0 Å². The van der Waals surface area contributed by atoms with Crippen LogP contribution in [0.2, 0.25) is 0 Å². The van der Waals surface area contributed by atoms with E-state index in [1.165, 1.54) is 12.1 Å². The van der Waals surface area contributed by atoms with Gasteiger partial charge in [0.2, 0.25) is 8.38 Å². The highest BCUT2D eigenvalue weighted by molar-refractivity contribution is 7.56. The zero-order valence-corrected chi connectivity index (χ0v) is 7.26. The third kappa shape index (κ3) is 1.63. The fourth-order valence-electron chi connectivity index (χ4n) is 1.02. The van der Waals surface area contributed by atoms with Crippen molar-refractivity contribution in [1.82, 2.24) is 0 Å². The summed E-state index contributed by atoms with van der Waals surface area (Å²) in [4.78, 5) is 0. The van der Waals surface area contributed by atoms with E-state index in [2.05, 4.69) is 0 Å². The van der Waals surface area contributed by atoms with Crippen LogP contribution in [0.3, 0.4) is 0 Å². The van der Waals surface area contributed by atoms with Crippen LogP contribution in [-0.2, 0) is 9.05 Å². The number of hydrogen-bond acceptors (Lipinski definition) is 2. The summed E-state index contributed by atoms with van der Waals surface area (Å²) in [7, 11) is -0.996. The molecule has 0 aromatic heterocycles. The molecule has 1 heterocycles. The quantitative estimate of drug-likeness (QED) is 0.622. The van der Waals surface area contributed by atoms with Crippen molar-refractivity contribution in [2.45, 2.75) is 0 Å². The molecule has 0 radical (unpaired) electrons. The van der Waals surface area contributed by atoms with Crippen molar-refractivity contribution in [3.8, 4) is 0 Å². The summed E-state index contributed by atoms with van der Waals surface area (Å²) >= 11 is 0. The van der Waals surface area contributed by atoms with E-state index in [1.807, 2.05) is 6.07 Å². The molecule has 0 spiro atoms. The largest absolute Gasteiger partial charge is 0.328 e. The van der Waals surface area contributed by atoms with E-state index in [0.29, 0.717) is 13.2 Å². The van der Waals surface area contributed by atoms with E-state index in [9.17, 15) is 4.39 Å². The predicted molar refractivity (Wildman–Crippen MR) is 44.9 cm³/mol. The molecule has 1 aliphatic rings. The van der Waals surface area contributed by atoms with Gasteiger partial charge in [0.25, 0.3) is 0 Å². The molecule has 0 amide bonds. The van der Waals surface area contributed by atoms with Crippen LogP contribution in [0.15, 0.2) is 24.3 Å². The van der Waals surface area contributed by atoms with Gasteiger partial charge in [-0.1, -0.05) is 6.07 Å². The van der Waals surface area contributed by atoms with Gasteiger partial charge in [-0.05, 0) is 18.2 Å². The average Bonchev–Trinajstić information content (AvgIpc) is 2.56. The van der Waals surface area contributed by atoms with E-state index in [0.717, 1.165) is 5.30 Å². The Balaban J connectivity index is 2.21. The smallest absolute Gasteiger partial charge is 0.205 e. The molecule has 0 unspecified atom stereocenters. The SMILES string of the molecule is Fc1cccc(P2OCCO2)c1. The summed E-state index contributed by atoms with van der Waals surface area (Å²) in [6.45, 7) is 1.23. The number of halogens is 1. The van der Waals surface area contributed by atoms with Gasteiger partial charge in [-0.2, -0.15) is 0 Å². The molecule has 0 aliphatic carbocycles. The van der Waals surface area contributed by atoms with Crippen molar-refractivity contribution in [2.75, 3.05) is 13.2 Å². The van der Waals surface area contributed by atoms with Crippen molar-refractivity contribution < 1.29 is 13.4 Å². The van der Waals surface area contributed by atoms with Gasteiger partial charge < -0.3 is 9.05 Å². The highest BCUT2D eigenvalue weighted by Gasteiger charge is 2.19. The highest BCUT2D eigenvalue weighted by Crippen LogP contribution is 2.40. The molecular weight excluding hydrogens is 178 g/mol. The lowest BCUT2D eigenvalue weighted by Gasteiger charge is -2.06. The summed E-state index contributed by atoms with van der Waals surface area (Å²) in [6.07, 6.45) is 0. The van der Waals surface area contributed by atoms with E-state index in [4.69, 9.17) is 9.05 Å². The molecule has 0 bridgehead atoms. The first-order chi connectivity index (χ1) is 5.86. The van der Waals surface area contributed by atoms with Gasteiger partial charge in [0.05, 0.1) is 13.2 Å². The molecule has 1 saturated heterocycles. The van der Waals surface area contributed by atoms with E-state index in [1.54, 1.807) is 6.07 Å². The molecule has 4 heteroatoms. The topological polar surface area (TPSA) is 18.5 Å². The Morgan fingerprint density at radius 2 is 2.00 bits per heavy atom. The van der Waals surface area contributed by atoms with Crippen LogP contribution >= 0.6 is 8.38 Å². The van der Waals surface area contributed by atoms with E-state index in [-0.39, 0.29) is 5.82 Å². The second-order valence-electron chi connectivity index (χ2n) is 2.40. The van der Waals surface area contributed by atoms with E-state index >= 15 is 0 Å². The van der Waals surface area contributed by atoms with Crippen LogP contribution < -0.4 is 5.30 Å². The van der Waals surface area contributed by atoms with Gasteiger partial charge in [-0.15, -0.1) is 0 Å². The molecule has 1 aromatic rings. The molecule has 1 aromatic carbocycles. The molecule has 1 aliphatic heterocycles. The average molecular weight is 186 g/mol. The van der Waals surface area contributed by atoms with Crippen LogP contribution in [0.25, 0.3) is 0 Å². The fraction of sp³-hybridized carbons (Fsp3) is 0.250. The van der Waals surface area contributed by atoms with Crippen LogP contribution in [0.5, 0.6) is 0 Å².